The highest BCUT2D eigenvalue weighted by Gasteiger charge is 2.31. The summed E-state index contributed by atoms with van der Waals surface area (Å²) in [7, 11) is 1.58. The van der Waals surface area contributed by atoms with E-state index in [1.807, 2.05) is 31.2 Å². The van der Waals surface area contributed by atoms with Crippen molar-refractivity contribution in [3.8, 4) is 22.8 Å². The monoisotopic (exact) mass is 408 g/mol. The number of hydrogen-bond donors (Lipinski definition) is 1. The Morgan fingerprint density at radius 1 is 1.04 bits per heavy atom. The van der Waals surface area contributed by atoms with Gasteiger partial charge < -0.3 is 9.47 Å². The van der Waals surface area contributed by atoms with E-state index in [9.17, 15) is 18.0 Å². The molecule has 1 heterocycles. The Bertz CT molecular complexity index is 968. The maximum atomic E-state index is 12.3. The fourth-order valence-corrected chi connectivity index (χ4v) is 3.27. The first-order valence-electron chi connectivity index (χ1n) is 8.04. The molecule has 0 radical (unpaired) electrons. The predicted octanol–water partition coefficient (Wildman–Crippen LogP) is 5.28. The number of nitrogens with zero attached hydrogens (tertiary/aromatic N) is 1. The van der Waals surface area contributed by atoms with Gasteiger partial charge in [0.25, 0.3) is 5.91 Å². The minimum Gasteiger partial charge on any atom is -0.497 e. The van der Waals surface area contributed by atoms with Gasteiger partial charge >= 0.3 is 6.36 Å². The fraction of sp³-hybridized carbons (Fsp3) is 0.158. The molecule has 0 atom stereocenters. The van der Waals surface area contributed by atoms with E-state index >= 15 is 0 Å². The number of rotatable bonds is 5. The van der Waals surface area contributed by atoms with E-state index in [1.54, 1.807) is 7.11 Å². The molecule has 3 aromatic rings. The zero-order valence-electron chi connectivity index (χ0n) is 14.8. The lowest BCUT2D eigenvalue weighted by atomic mass is 10.1. The number of methoxy groups -OCH3 is 1. The molecule has 0 aliphatic heterocycles. The van der Waals surface area contributed by atoms with Gasteiger partial charge in [-0.1, -0.05) is 0 Å². The number of carbonyl (C=O) groups is 1. The predicted molar refractivity (Wildman–Crippen MR) is 99.9 cm³/mol. The first kappa shape index (κ1) is 19.7. The van der Waals surface area contributed by atoms with Crippen LogP contribution in [0.2, 0.25) is 0 Å². The van der Waals surface area contributed by atoms with Crippen molar-refractivity contribution in [1.29, 1.82) is 0 Å². The van der Waals surface area contributed by atoms with Crippen molar-refractivity contribution in [2.75, 3.05) is 12.4 Å². The van der Waals surface area contributed by atoms with E-state index in [0.29, 0.717) is 5.13 Å². The SMILES string of the molecule is COc1ccc(-c2nc(NC(=O)c3ccc(OC(F)(F)F)cc3)sc2C)cc1. The van der Waals surface area contributed by atoms with Gasteiger partial charge in [0, 0.05) is 16.0 Å². The van der Waals surface area contributed by atoms with Crippen LogP contribution >= 0.6 is 11.3 Å². The number of nitrogens with one attached hydrogen (secondary N) is 1. The van der Waals surface area contributed by atoms with Crippen LogP contribution in [0.3, 0.4) is 0 Å². The molecule has 0 saturated heterocycles. The Kier molecular flexibility index (Phi) is 5.55. The molecule has 1 amide bonds. The first-order valence-corrected chi connectivity index (χ1v) is 8.86. The van der Waals surface area contributed by atoms with Crippen LogP contribution in [-0.2, 0) is 0 Å². The number of amides is 1. The number of hydrogen-bond acceptors (Lipinski definition) is 5. The third kappa shape index (κ3) is 4.80. The average Bonchev–Trinajstić information content (AvgIpc) is 3.01. The summed E-state index contributed by atoms with van der Waals surface area (Å²) >= 11 is 1.31. The van der Waals surface area contributed by atoms with Crippen LogP contribution < -0.4 is 14.8 Å². The van der Waals surface area contributed by atoms with Crippen LogP contribution in [-0.4, -0.2) is 24.4 Å². The summed E-state index contributed by atoms with van der Waals surface area (Å²) in [4.78, 5) is 17.7. The smallest absolute Gasteiger partial charge is 0.497 e. The number of aromatic nitrogens is 1. The van der Waals surface area contributed by atoms with Gasteiger partial charge in [0.05, 0.1) is 12.8 Å². The number of thiazole rings is 1. The van der Waals surface area contributed by atoms with Crippen LogP contribution in [0.15, 0.2) is 48.5 Å². The number of alkyl halides is 3. The Balaban J connectivity index is 1.72. The summed E-state index contributed by atoms with van der Waals surface area (Å²) in [6.45, 7) is 1.89. The van der Waals surface area contributed by atoms with Crippen LogP contribution in [0.5, 0.6) is 11.5 Å². The van der Waals surface area contributed by atoms with Gasteiger partial charge in [0.15, 0.2) is 5.13 Å². The molecule has 0 spiro atoms. The molecule has 146 valence electrons. The van der Waals surface area contributed by atoms with Gasteiger partial charge in [-0.15, -0.1) is 24.5 Å². The lowest BCUT2D eigenvalue weighted by Crippen LogP contribution is -2.17. The lowest BCUT2D eigenvalue weighted by Gasteiger charge is -2.09. The average molecular weight is 408 g/mol. The van der Waals surface area contributed by atoms with Crippen molar-refractivity contribution in [2.24, 2.45) is 0 Å². The summed E-state index contributed by atoms with van der Waals surface area (Å²) in [5.74, 6) is -0.146. The van der Waals surface area contributed by atoms with E-state index in [0.717, 1.165) is 34.0 Å². The van der Waals surface area contributed by atoms with Gasteiger partial charge in [-0.25, -0.2) is 4.98 Å². The fourth-order valence-electron chi connectivity index (χ4n) is 2.44. The number of halogens is 3. The molecule has 1 aromatic heterocycles. The molecular formula is C19H15F3N2O3S. The Morgan fingerprint density at radius 2 is 1.64 bits per heavy atom. The van der Waals surface area contributed by atoms with Gasteiger partial charge in [0.2, 0.25) is 0 Å². The summed E-state index contributed by atoms with van der Waals surface area (Å²) in [5.41, 5.74) is 1.80. The molecule has 0 fully saturated rings. The normalized spacial score (nSPS) is 11.2. The number of aryl methyl sites for hydroxylation is 1. The van der Waals surface area contributed by atoms with Crippen molar-refractivity contribution >= 4 is 22.4 Å². The number of benzene rings is 2. The van der Waals surface area contributed by atoms with E-state index in [1.165, 1.54) is 23.5 Å². The van der Waals surface area contributed by atoms with Crippen LogP contribution in [0.25, 0.3) is 11.3 Å². The second kappa shape index (κ2) is 7.89. The second-order valence-electron chi connectivity index (χ2n) is 5.68. The molecule has 0 saturated carbocycles. The van der Waals surface area contributed by atoms with Crippen LogP contribution in [0.4, 0.5) is 18.3 Å². The molecule has 0 aliphatic carbocycles. The van der Waals surface area contributed by atoms with Gasteiger partial charge in [-0.2, -0.15) is 0 Å². The topological polar surface area (TPSA) is 60.5 Å². The lowest BCUT2D eigenvalue weighted by molar-refractivity contribution is -0.274. The Labute approximate surface area is 162 Å². The highest BCUT2D eigenvalue weighted by atomic mass is 32.1. The van der Waals surface area contributed by atoms with Gasteiger partial charge in [-0.05, 0) is 55.5 Å². The number of carbonyl (C=O) groups excluding carboxylic acids is 1. The standard InChI is InChI=1S/C19H15F3N2O3S/c1-11-16(12-3-7-14(26-2)8-4-12)23-18(28-11)24-17(25)13-5-9-15(10-6-13)27-19(20,21)22/h3-10H,1-2H3,(H,23,24,25). The van der Waals surface area contributed by atoms with E-state index < -0.39 is 18.0 Å². The van der Waals surface area contributed by atoms with Gasteiger partial charge in [-0.3, -0.25) is 10.1 Å². The quantitative estimate of drug-likeness (QED) is 0.624. The first-order chi connectivity index (χ1) is 13.2. The summed E-state index contributed by atoms with van der Waals surface area (Å²) < 4.78 is 45.5. The summed E-state index contributed by atoms with van der Waals surface area (Å²) in [6.07, 6.45) is -4.78. The Morgan fingerprint density at radius 3 is 2.21 bits per heavy atom. The molecule has 3 rings (SSSR count). The molecule has 2 aromatic carbocycles. The minimum absolute atomic E-state index is 0.188. The van der Waals surface area contributed by atoms with E-state index in [-0.39, 0.29) is 5.56 Å². The third-order valence-corrected chi connectivity index (χ3v) is 4.62. The van der Waals surface area contributed by atoms with Crippen molar-refractivity contribution < 1.29 is 27.4 Å². The molecule has 0 bridgehead atoms. The number of anilines is 1. The zero-order valence-corrected chi connectivity index (χ0v) is 15.6. The molecule has 0 unspecified atom stereocenters. The van der Waals surface area contributed by atoms with Crippen LogP contribution in [0, 0.1) is 6.92 Å². The number of ether oxygens (including phenoxy) is 2. The van der Waals surface area contributed by atoms with Crippen LogP contribution in [0.1, 0.15) is 15.2 Å². The largest absolute Gasteiger partial charge is 0.573 e. The second-order valence-corrected chi connectivity index (χ2v) is 6.88. The summed E-state index contributed by atoms with van der Waals surface area (Å²) in [6, 6.07) is 12.0. The maximum absolute atomic E-state index is 12.3. The molecule has 1 N–H and O–H groups in total. The molecule has 28 heavy (non-hydrogen) atoms. The maximum Gasteiger partial charge on any atom is 0.573 e. The van der Waals surface area contributed by atoms with Crippen molar-refractivity contribution in [3.05, 3.63) is 59.0 Å². The van der Waals surface area contributed by atoms with Gasteiger partial charge in [0.1, 0.15) is 11.5 Å². The van der Waals surface area contributed by atoms with E-state index in [4.69, 9.17) is 4.74 Å². The van der Waals surface area contributed by atoms with Crippen molar-refractivity contribution in [1.82, 2.24) is 4.98 Å². The highest BCUT2D eigenvalue weighted by Crippen LogP contribution is 2.31. The molecule has 0 aliphatic rings. The minimum atomic E-state index is -4.78. The Hall–Kier alpha value is -3.07. The third-order valence-electron chi connectivity index (χ3n) is 3.73. The zero-order chi connectivity index (χ0) is 20.3. The molecule has 5 nitrogen and oxygen atoms in total. The van der Waals surface area contributed by atoms with Crippen molar-refractivity contribution in [2.45, 2.75) is 13.3 Å². The van der Waals surface area contributed by atoms with Crippen molar-refractivity contribution in [3.63, 3.8) is 0 Å². The highest BCUT2D eigenvalue weighted by molar-refractivity contribution is 7.16. The molecule has 9 heteroatoms. The molecular weight excluding hydrogens is 393 g/mol. The van der Waals surface area contributed by atoms with E-state index in [2.05, 4.69) is 15.0 Å². The summed E-state index contributed by atoms with van der Waals surface area (Å²) in [5, 5.41) is 3.05.